The molecule has 1 aliphatic rings. The summed E-state index contributed by atoms with van der Waals surface area (Å²) >= 11 is 0. The number of fused-ring (bicyclic) bond motifs is 1. The van der Waals surface area contributed by atoms with Gasteiger partial charge in [-0.05, 0) is 12.1 Å². The third kappa shape index (κ3) is 3.12. The van der Waals surface area contributed by atoms with Crippen LogP contribution in [0.1, 0.15) is 17.3 Å². The Morgan fingerprint density at radius 1 is 1.30 bits per heavy atom. The van der Waals surface area contributed by atoms with E-state index in [4.69, 9.17) is 9.15 Å². The van der Waals surface area contributed by atoms with Crippen LogP contribution in [-0.2, 0) is 13.1 Å². The van der Waals surface area contributed by atoms with Crippen LogP contribution < -0.4 is 4.74 Å². The van der Waals surface area contributed by atoms with Crippen molar-refractivity contribution in [3.63, 3.8) is 0 Å². The zero-order valence-electron chi connectivity index (χ0n) is 12.7. The Kier molecular flexibility index (Phi) is 3.81. The molecule has 4 rings (SSSR count). The van der Waals surface area contributed by atoms with Gasteiger partial charge in [-0.15, -0.1) is 0 Å². The average molecular weight is 310 g/mol. The van der Waals surface area contributed by atoms with Gasteiger partial charge < -0.3 is 13.7 Å². The van der Waals surface area contributed by atoms with E-state index in [2.05, 4.69) is 19.4 Å². The molecule has 0 saturated heterocycles. The number of pyridine rings is 1. The van der Waals surface area contributed by atoms with Crippen molar-refractivity contribution in [3.8, 4) is 5.88 Å². The standard InChI is InChI=1S/C17H18N4O2/c1-2-5-19-17(3-1)23-12-16-10-20(8-14-4-6-22-11-14)9-15-7-18-13-21(15)16/h1-7,11,13,16H,8-10,12H2/t16-/m1/s1. The third-order valence-electron chi connectivity index (χ3n) is 4.04. The lowest BCUT2D eigenvalue weighted by molar-refractivity contribution is 0.134. The van der Waals surface area contributed by atoms with E-state index in [9.17, 15) is 0 Å². The first-order valence-corrected chi connectivity index (χ1v) is 7.66. The van der Waals surface area contributed by atoms with Gasteiger partial charge in [0.2, 0.25) is 5.88 Å². The summed E-state index contributed by atoms with van der Waals surface area (Å²) in [6.07, 6.45) is 9.06. The van der Waals surface area contributed by atoms with Gasteiger partial charge in [0.05, 0.1) is 30.6 Å². The largest absolute Gasteiger partial charge is 0.475 e. The van der Waals surface area contributed by atoms with Crippen LogP contribution in [0, 0.1) is 0 Å². The van der Waals surface area contributed by atoms with Gasteiger partial charge in [0.15, 0.2) is 0 Å². The van der Waals surface area contributed by atoms with E-state index in [1.807, 2.05) is 36.8 Å². The summed E-state index contributed by atoms with van der Waals surface area (Å²) in [7, 11) is 0. The lowest BCUT2D eigenvalue weighted by Gasteiger charge is -2.34. The summed E-state index contributed by atoms with van der Waals surface area (Å²) in [5.74, 6) is 0.654. The second kappa shape index (κ2) is 6.26. The number of rotatable bonds is 5. The molecular weight excluding hydrogens is 292 g/mol. The summed E-state index contributed by atoms with van der Waals surface area (Å²) in [5, 5.41) is 0. The number of aromatic nitrogens is 3. The van der Waals surface area contributed by atoms with E-state index in [0.29, 0.717) is 12.5 Å². The molecule has 0 amide bonds. The SMILES string of the molecule is c1ccc(OC[C@H]2CN(Cc3ccoc3)Cc3cncn32)nc1. The zero-order valence-corrected chi connectivity index (χ0v) is 12.7. The second-order valence-electron chi connectivity index (χ2n) is 5.73. The maximum atomic E-state index is 5.85. The first-order valence-electron chi connectivity index (χ1n) is 7.66. The van der Waals surface area contributed by atoms with E-state index in [0.717, 1.165) is 19.6 Å². The number of imidazole rings is 1. The Bertz CT molecular complexity index is 739. The first kappa shape index (κ1) is 14.0. The van der Waals surface area contributed by atoms with Gasteiger partial charge in [-0.3, -0.25) is 4.90 Å². The molecule has 0 bridgehead atoms. The van der Waals surface area contributed by atoms with Gasteiger partial charge in [-0.2, -0.15) is 0 Å². The number of furan rings is 1. The monoisotopic (exact) mass is 310 g/mol. The average Bonchev–Trinajstić information content (AvgIpc) is 3.25. The molecule has 23 heavy (non-hydrogen) atoms. The van der Waals surface area contributed by atoms with Gasteiger partial charge >= 0.3 is 0 Å². The highest BCUT2D eigenvalue weighted by Crippen LogP contribution is 2.23. The fourth-order valence-electron chi connectivity index (χ4n) is 2.97. The molecule has 1 atom stereocenters. The minimum atomic E-state index is 0.218. The van der Waals surface area contributed by atoms with Crippen molar-refractivity contribution in [1.82, 2.24) is 19.4 Å². The summed E-state index contributed by atoms with van der Waals surface area (Å²) in [6, 6.07) is 7.91. The van der Waals surface area contributed by atoms with E-state index >= 15 is 0 Å². The van der Waals surface area contributed by atoms with Crippen molar-refractivity contribution >= 4 is 0 Å². The molecule has 0 N–H and O–H groups in total. The lowest BCUT2D eigenvalue weighted by Crippen LogP contribution is -2.38. The normalized spacial score (nSPS) is 17.8. The maximum Gasteiger partial charge on any atom is 0.213 e. The summed E-state index contributed by atoms with van der Waals surface area (Å²) < 4.78 is 13.2. The van der Waals surface area contributed by atoms with Gasteiger partial charge in [0, 0.05) is 43.7 Å². The van der Waals surface area contributed by atoms with Gasteiger partial charge in [0.1, 0.15) is 6.61 Å². The van der Waals surface area contributed by atoms with Crippen LogP contribution >= 0.6 is 0 Å². The molecule has 1 aliphatic heterocycles. The minimum absolute atomic E-state index is 0.218. The molecule has 0 saturated carbocycles. The van der Waals surface area contributed by atoms with Crippen LogP contribution in [0.15, 0.2) is 59.9 Å². The number of hydrogen-bond acceptors (Lipinski definition) is 5. The molecule has 3 aromatic rings. The quantitative estimate of drug-likeness (QED) is 0.725. The highest BCUT2D eigenvalue weighted by molar-refractivity contribution is 5.11. The topological polar surface area (TPSA) is 56.3 Å². The Hall–Kier alpha value is -2.60. The zero-order chi connectivity index (χ0) is 15.5. The minimum Gasteiger partial charge on any atom is -0.475 e. The maximum absolute atomic E-state index is 5.85. The van der Waals surface area contributed by atoms with Gasteiger partial charge in [-0.1, -0.05) is 6.07 Å². The predicted octanol–water partition coefficient (Wildman–Crippen LogP) is 2.51. The second-order valence-corrected chi connectivity index (χ2v) is 5.73. The van der Waals surface area contributed by atoms with Crippen molar-refractivity contribution in [2.75, 3.05) is 13.2 Å². The molecule has 0 aliphatic carbocycles. The molecule has 3 aromatic heterocycles. The Balaban J connectivity index is 1.47. The van der Waals surface area contributed by atoms with E-state index in [1.165, 1.54) is 11.3 Å². The predicted molar refractivity (Wildman–Crippen MR) is 83.8 cm³/mol. The molecule has 6 nitrogen and oxygen atoms in total. The van der Waals surface area contributed by atoms with Crippen LogP contribution in [-0.4, -0.2) is 32.6 Å². The fraction of sp³-hybridized carbons (Fsp3) is 0.294. The fourth-order valence-corrected chi connectivity index (χ4v) is 2.97. The Morgan fingerprint density at radius 3 is 3.13 bits per heavy atom. The van der Waals surface area contributed by atoms with Crippen molar-refractivity contribution in [2.45, 2.75) is 19.1 Å². The smallest absolute Gasteiger partial charge is 0.213 e. The summed E-state index contributed by atoms with van der Waals surface area (Å²) in [5.41, 5.74) is 2.39. The Labute approximate surface area is 134 Å². The van der Waals surface area contributed by atoms with Gasteiger partial charge in [-0.25, -0.2) is 9.97 Å². The molecule has 0 spiro atoms. The number of hydrogen-bond donors (Lipinski definition) is 0. The van der Waals surface area contributed by atoms with E-state index in [-0.39, 0.29) is 6.04 Å². The number of nitrogens with zero attached hydrogens (tertiary/aromatic N) is 4. The van der Waals surface area contributed by atoms with Crippen LogP contribution in [0.4, 0.5) is 0 Å². The molecule has 6 heteroatoms. The highest BCUT2D eigenvalue weighted by Gasteiger charge is 2.25. The van der Waals surface area contributed by atoms with Crippen molar-refractivity contribution in [2.24, 2.45) is 0 Å². The number of ether oxygens (including phenoxy) is 1. The van der Waals surface area contributed by atoms with E-state index in [1.54, 1.807) is 18.7 Å². The first-order chi connectivity index (χ1) is 11.4. The summed E-state index contributed by atoms with van der Waals surface area (Å²) in [6.45, 7) is 3.22. The van der Waals surface area contributed by atoms with Crippen molar-refractivity contribution < 1.29 is 9.15 Å². The molecule has 0 radical (unpaired) electrons. The van der Waals surface area contributed by atoms with Crippen LogP contribution in [0.5, 0.6) is 5.88 Å². The third-order valence-corrected chi connectivity index (χ3v) is 4.04. The molecule has 118 valence electrons. The molecular formula is C17H18N4O2. The molecule has 4 heterocycles. The molecule has 0 aromatic carbocycles. The molecule has 0 unspecified atom stereocenters. The van der Waals surface area contributed by atoms with Crippen LogP contribution in [0.2, 0.25) is 0 Å². The van der Waals surface area contributed by atoms with Crippen LogP contribution in [0.3, 0.4) is 0 Å². The summed E-state index contributed by atoms with van der Waals surface area (Å²) in [4.78, 5) is 10.9. The van der Waals surface area contributed by atoms with Crippen LogP contribution in [0.25, 0.3) is 0 Å². The Morgan fingerprint density at radius 2 is 2.30 bits per heavy atom. The van der Waals surface area contributed by atoms with Crippen molar-refractivity contribution in [1.29, 1.82) is 0 Å². The highest BCUT2D eigenvalue weighted by atomic mass is 16.5. The van der Waals surface area contributed by atoms with Gasteiger partial charge in [0.25, 0.3) is 0 Å². The molecule has 0 fully saturated rings. The lowest BCUT2D eigenvalue weighted by atomic mass is 10.1. The van der Waals surface area contributed by atoms with E-state index < -0.39 is 0 Å². The van der Waals surface area contributed by atoms with Crippen molar-refractivity contribution in [3.05, 3.63) is 66.8 Å².